The molecule has 0 radical (unpaired) electrons. The van der Waals surface area contributed by atoms with E-state index in [-0.39, 0.29) is 6.54 Å². The summed E-state index contributed by atoms with van der Waals surface area (Å²) in [6.45, 7) is 0.521. The number of ether oxygens (including phenoxy) is 2. The number of aliphatic carboxylic acids is 1. The second kappa shape index (κ2) is 8.78. The van der Waals surface area contributed by atoms with Crippen LogP contribution in [0.3, 0.4) is 0 Å². The molecule has 2 aromatic carbocycles. The largest absolute Gasteiger partial charge is 0.493 e. The summed E-state index contributed by atoms with van der Waals surface area (Å²) in [5.74, 6) is 0.112. The van der Waals surface area contributed by atoms with Gasteiger partial charge in [-0.3, -0.25) is 4.79 Å². The van der Waals surface area contributed by atoms with Crippen molar-refractivity contribution in [3.63, 3.8) is 0 Å². The molecular weight excluding hydrogens is 353 g/mol. The Morgan fingerprint density at radius 3 is 2.50 bits per heavy atom. The minimum Gasteiger partial charge on any atom is -0.493 e. The molecule has 0 aliphatic heterocycles. The monoisotopic (exact) mass is 369 g/mol. The van der Waals surface area contributed by atoms with Crippen molar-refractivity contribution in [2.45, 2.75) is 13.2 Å². The lowest BCUT2D eigenvalue weighted by molar-refractivity contribution is -0.135. The highest BCUT2D eigenvalue weighted by atomic mass is 35.5. The number of carboxylic acid groups (broad SMARTS) is 1. The Bertz CT molecular complexity index is 704. The van der Waals surface area contributed by atoms with Crippen LogP contribution in [0.4, 0.5) is 0 Å². The van der Waals surface area contributed by atoms with E-state index in [1.54, 1.807) is 24.3 Å². The molecule has 5 nitrogen and oxygen atoms in total. The lowest BCUT2D eigenvalue weighted by Crippen LogP contribution is -2.22. The average molecular weight is 370 g/mol. The van der Waals surface area contributed by atoms with Crippen molar-refractivity contribution in [3.05, 3.63) is 57.6 Å². The molecule has 24 heavy (non-hydrogen) atoms. The molecule has 0 aromatic heterocycles. The molecule has 0 aliphatic carbocycles. The Morgan fingerprint density at radius 1 is 1.17 bits per heavy atom. The number of carboxylic acids is 1. The maximum absolute atomic E-state index is 10.5. The van der Waals surface area contributed by atoms with E-state index in [1.165, 1.54) is 7.11 Å². The summed E-state index contributed by atoms with van der Waals surface area (Å²) < 4.78 is 11.1. The smallest absolute Gasteiger partial charge is 0.317 e. The van der Waals surface area contributed by atoms with Gasteiger partial charge in [0.15, 0.2) is 11.5 Å². The summed E-state index contributed by atoms with van der Waals surface area (Å²) in [4.78, 5) is 10.5. The molecule has 7 heteroatoms. The number of methoxy groups -OCH3 is 1. The van der Waals surface area contributed by atoms with Gasteiger partial charge in [-0.05, 0) is 29.3 Å². The molecule has 0 atom stereocenters. The van der Waals surface area contributed by atoms with Gasteiger partial charge in [-0.2, -0.15) is 0 Å². The van der Waals surface area contributed by atoms with Crippen LogP contribution >= 0.6 is 23.2 Å². The zero-order chi connectivity index (χ0) is 17.5. The van der Waals surface area contributed by atoms with Crippen LogP contribution in [-0.4, -0.2) is 24.7 Å². The first-order valence-corrected chi connectivity index (χ1v) is 7.91. The van der Waals surface area contributed by atoms with Gasteiger partial charge in [-0.25, -0.2) is 0 Å². The van der Waals surface area contributed by atoms with Gasteiger partial charge in [-0.15, -0.1) is 0 Å². The van der Waals surface area contributed by atoms with Crippen molar-refractivity contribution in [1.29, 1.82) is 0 Å². The van der Waals surface area contributed by atoms with Crippen LogP contribution < -0.4 is 14.8 Å². The number of hydrogen-bond acceptors (Lipinski definition) is 4. The van der Waals surface area contributed by atoms with Gasteiger partial charge < -0.3 is 19.9 Å². The van der Waals surface area contributed by atoms with Crippen LogP contribution in [0.15, 0.2) is 36.4 Å². The molecule has 0 aliphatic rings. The van der Waals surface area contributed by atoms with Crippen LogP contribution in [0.5, 0.6) is 11.5 Å². The zero-order valence-electron chi connectivity index (χ0n) is 13.0. The molecule has 0 spiro atoms. The van der Waals surface area contributed by atoms with Gasteiger partial charge in [-0.1, -0.05) is 35.3 Å². The second-order valence-corrected chi connectivity index (χ2v) is 5.85. The molecule has 0 saturated heterocycles. The highest BCUT2D eigenvalue weighted by Gasteiger charge is 2.11. The number of nitrogens with one attached hydrogen (secondary N) is 1. The highest BCUT2D eigenvalue weighted by Crippen LogP contribution is 2.34. The molecule has 0 fully saturated rings. The molecule has 2 N–H and O–H groups in total. The highest BCUT2D eigenvalue weighted by molar-refractivity contribution is 6.31. The van der Waals surface area contributed by atoms with E-state index in [2.05, 4.69) is 5.32 Å². The van der Waals surface area contributed by atoms with Crippen molar-refractivity contribution in [2.75, 3.05) is 13.7 Å². The van der Waals surface area contributed by atoms with Crippen molar-refractivity contribution in [1.82, 2.24) is 5.32 Å². The van der Waals surface area contributed by atoms with Gasteiger partial charge in [0.25, 0.3) is 0 Å². The Hall–Kier alpha value is -1.95. The lowest BCUT2D eigenvalue weighted by Gasteiger charge is -2.14. The summed E-state index contributed by atoms with van der Waals surface area (Å²) in [6.07, 6.45) is 0. The van der Waals surface area contributed by atoms with Crippen LogP contribution in [0.2, 0.25) is 10.0 Å². The minimum absolute atomic E-state index is 0.145. The average Bonchev–Trinajstić information content (AvgIpc) is 2.55. The van der Waals surface area contributed by atoms with E-state index in [0.29, 0.717) is 34.7 Å². The normalized spacial score (nSPS) is 10.5. The van der Waals surface area contributed by atoms with E-state index >= 15 is 0 Å². The maximum Gasteiger partial charge on any atom is 0.317 e. The number of carbonyl (C=O) groups is 1. The molecule has 128 valence electrons. The predicted molar refractivity (Wildman–Crippen MR) is 93.1 cm³/mol. The zero-order valence-corrected chi connectivity index (χ0v) is 14.5. The minimum atomic E-state index is -0.930. The molecule has 2 aromatic rings. The molecule has 0 unspecified atom stereocenters. The Morgan fingerprint density at radius 2 is 1.88 bits per heavy atom. The number of benzene rings is 2. The van der Waals surface area contributed by atoms with Crippen LogP contribution in [0, 0.1) is 0 Å². The standard InChI is InChI=1S/C17H17Cl2NO4/c1-23-15-6-12(8-20-9-17(21)22)14(19)7-16(15)24-10-11-2-4-13(18)5-3-11/h2-7,20H,8-10H2,1H3,(H,21,22). The first-order chi connectivity index (χ1) is 11.5. The third-order valence-electron chi connectivity index (χ3n) is 3.23. The fraction of sp³-hybridized carbons (Fsp3) is 0.235. The van der Waals surface area contributed by atoms with Crippen molar-refractivity contribution >= 4 is 29.2 Å². The van der Waals surface area contributed by atoms with Crippen LogP contribution in [0.25, 0.3) is 0 Å². The molecule has 0 saturated carbocycles. The summed E-state index contributed by atoms with van der Waals surface area (Å²) in [6, 6.07) is 10.7. The fourth-order valence-electron chi connectivity index (χ4n) is 2.03. The van der Waals surface area contributed by atoms with E-state index in [4.69, 9.17) is 37.8 Å². The van der Waals surface area contributed by atoms with Gasteiger partial charge >= 0.3 is 5.97 Å². The van der Waals surface area contributed by atoms with Crippen LogP contribution in [-0.2, 0) is 17.9 Å². The summed E-state index contributed by atoms with van der Waals surface area (Å²) in [5, 5.41) is 12.6. The summed E-state index contributed by atoms with van der Waals surface area (Å²) in [5.41, 5.74) is 1.69. The third-order valence-corrected chi connectivity index (χ3v) is 3.84. The fourth-order valence-corrected chi connectivity index (χ4v) is 2.38. The summed E-state index contributed by atoms with van der Waals surface area (Å²) >= 11 is 12.1. The Kier molecular flexibility index (Phi) is 6.73. The van der Waals surface area contributed by atoms with Gasteiger partial charge in [0.2, 0.25) is 0 Å². The number of hydrogen-bond donors (Lipinski definition) is 2. The SMILES string of the molecule is COc1cc(CNCC(=O)O)c(Cl)cc1OCc1ccc(Cl)cc1. The van der Waals surface area contributed by atoms with E-state index < -0.39 is 5.97 Å². The third kappa shape index (κ3) is 5.30. The Balaban J connectivity index is 2.07. The maximum atomic E-state index is 10.5. The van der Waals surface area contributed by atoms with Crippen molar-refractivity contribution in [2.24, 2.45) is 0 Å². The number of halogens is 2. The van der Waals surface area contributed by atoms with Crippen molar-refractivity contribution < 1.29 is 19.4 Å². The first kappa shape index (κ1) is 18.4. The van der Waals surface area contributed by atoms with Gasteiger partial charge in [0, 0.05) is 22.7 Å². The molecule has 2 rings (SSSR count). The van der Waals surface area contributed by atoms with E-state index in [0.717, 1.165) is 11.1 Å². The quantitative estimate of drug-likeness (QED) is 0.741. The van der Waals surface area contributed by atoms with Gasteiger partial charge in [0.05, 0.1) is 13.7 Å². The molecule has 0 bridgehead atoms. The van der Waals surface area contributed by atoms with Crippen molar-refractivity contribution in [3.8, 4) is 11.5 Å². The molecule has 0 amide bonds. The van der Waals surface area contributed by atoms with Gasteiger partial charge in [0.1, 0.15) is 6.61 Å². The number of rotatable bonds is 8. The Labute approximate surface area is 150 Å². The topological polar surface area (TPSA) is 67.8 Å². The molecule has 0 heterocycles. The summed E-state index contributed by atoms with van der Waals surface area (Å²) in [7, 11) is 1.53. The van der Waals surface area contributed by atoms with Crippen LogP contribution in [0.1, 0.15) is 11.1 Å². The first-order valence-electron chi connectivity index (χ1n) is 7.15. The van der Waals surface area contributed by atoms with E-state index in [9.17, 15) is 4.79 Å². The van der Waals surface area contributed by atoms with E-state index in [1.807, 2.05) is 12.1 Å². The predicted octanol–water partition coefficient (Wildman–Crippen LogP) is 3.76. The molecular formula is C17H17Cl2NO4. The second-order valence-electron chi connectivity index (χ2n) is 5.01. The lowest BCUT2D eigenvalue weighted by atomic mass is 10.2.